The van der Waals surface area contributed by atoms with E-state index >= 15 is 0 Å². The second-order valence-corrected chi connectivity index (χ2v) is 5.30. The Labute approximate surface area is 124 Å². The van der Waals surface area contributed by atoms with Gasteiger partial charge in [0, 0.05) is 10.6 Å². The lowest BCUT2D eigenvalue weighted by atomic mass is 9.92. The van der Waals surface area contributed by atoms with Crippen molar-refractivity contribution in [2.75, 3.05) is 0 Å². The maximum Gasteiger partial charge on any atom is 0.112 e. The van der Waals surface area contributed by atoms with Gasteiger partial charge < -0.3 is 10.2 Å². The molecule has 0 radical (unpaired) electrons. The topological polar surface area (TPSA) is 40.5 Å². The fourth-order valence-electron chi connectivity index (χ4n) is 1.93. The molecule has 0 aliphatic heterocycles. The van der Waals surface area contributed by atoms with Gasteiger partial charge in [-0.25, -0.2) is 0 Å². The van der Waals surface area contributed by atoms with Crippen LogP contribution in [0.4, 0.5) is 0 Å². The van der Waals surface area contributed by atoms with E-state index in [2.05, 4.69) is 0 Å². The number of aliphatic hydroxyl groups is 2. The molecule has 0 amide bonds. The summed E-state index contributed by atoms with van der Waals surface area (Å²) in [6.07, 6.45) is 2.27. The average molecular weight is 289 g/mol. The van der Waals surface area contributed by atoms with E-state index < -0.39 is 11.7 Å². The Bertz CT molecular complexity index is 591. The fraction of sp³-hybridized carbons (Fsp3) is 0.176. The van der Waals surface area contributed by atoms with Gasteiger partial charge in [0.2, 0.25) is 0 Å². The quantitative estimate of drug-likeness (QED) is 0.897. The molecule has 0 saturated carbocycles. The first-order chi connectivity index (χ1) is 9.50. The minimum absolute atomic E-state index is 0.438. The lowest BCUT2D eigenvalue weighted by Crippen LogP contribution is -2.30. The first-order valence-electron chi connectivity index (χ1n) is 6.40. The van der Waals surface area contributed by atoms with Gasteiger partial charge in [0.05, 0.1) is 0 Å². The van der Waals surface area contributed by atoms with Crippen LogP contribution in [0.25, 0.3) is 6.08 Å². The molecule has 0 spiro atoms. The Kier molecular flexibility index (Phi) is 4.61. The molecule has 0 aromatic heterocycles. The van der Waals surface area contributed by atoms with Gasteiger partial charge >= 0.3 is 0 Å². The van der Waals surface area contributed by atoms with Gasteiger partial charge in [0.15, 0.2) is 0 Å². The Morgan fingerprint density at radius 3 is 2.30 bits per heavy atom. The number of rotatable bonds is 4. The molecule has 0 saturated heterocycles. The molecule has 2 N–H and O–H groups in total. The fourth-order valence-corrected chi connectivity index (χ4v) is 2.17. The standard InChI is InChI=1S/C17H17ClO2/c1-17(20,12-11-13-7-3-2-4-8-13)16(19)14-9-5-6-10-15(14)18/h2-12,16,19-20H,1H3/b12-11+. The maximum atomic E-state index is 10.4. The molecule has 0 bridgehead atoms. The zero-order valence-corrected chi connectivity index (χ0v) is 12.0. The zero-order chi connectivity index (χ0) is 14.6. The lowest BCUT2D eigenvalue weighted by Gasteiger charge is -2.26. The highest BCUT2D eigenvalue weighted by Gasteiger charge is 2.30. The van der Waals surface area contributed by atoms with Crippen LogP contribution in [0, 0.1) is 0 Å². The molecule has 2 atom stereocenters. The van der Waals surface area contributed by atoms with Crippen molar-refractivity contribution in [3.63, 3.8) is 0 Å². The third-order valence-corrected chi connectivity index (χ3v) is 3.51. The predicted molar refractivity (Wildman–Crippen MR) is 82.5 cm³/mol. The summed E-state index contributed by atoms with van der Waals surface area (Å²) >= 11 is 6.05. The van der Waals surface area contributed by atoms with E-state index in [0.29, 0.717) is 10.6 Å². The molecular weight excluding hydrogens is 272 g/mol. The van der Waals surface area contributed by atoms with Crippen molar-refractivity contribution in [2.24, 2.45) is 0 Å². The molecule has 2 rings (SSSR count). The Morgan fingerprint density at radius 2 is 1.65 bits per heavy atom. The molecule has 2 unspecified atom stereocenters. The number of halogens is 1. The maximum absolute atomic E-state index is 10.4. The highest BCUT2D eigenvalue weighted by molar-refractivity contribution is 6.31. The van der Waals surface area contributed by atoms with E-state index in [0.717, 1.165) is 5.56 Å². The highest BCUT2D eigenvalue weighted by Crippen LogP contribution is 2.32. The Balaban J connectivity index is 2.22. The summed E-state index contributed by atoms with van der Waals surface area (Å²) in [5, 5.41) is 21.2. The average Bonchev–Trinajstić information content (AvgIpc) is 2.46. The zero-order valence-electron chi connectivity index (χ0n) is 11.2. The SMILES string of the molecule is CC(O)(/C=C/c1ccccc1)C(O)c1ccccc1Cl. The van der Waals surface area contributed by atoms with Crippen molar-refractivity contribution in [1.29, 1.82) is 0 Å². The molecule has 3 heteroatoms. The normalized spacial score (nSPS) is 16.0. The number of hydrogen-bond acceptors (Lipinski definition) is 2. The largest absolute Gasteiger partial charge is 0.385 e. The van der Waals surface area contributed by atoms with E-state index in [1.165, 1.54) is 0 Å². The first kappa shape index (κ1) is 14.8. The number of aliphatic hydroxyl groups excluding tert-OH is 1. The van der Waals surface area contributed by atoms with Crippen LogP contribution in [0.15, 0.2) is 60.7 Å². The second-order valence-electron chi connectivity index (χ2n) is 4.89. The van der Waals surface area contributed by atoms with E-state index in [-0.39, 0.29) is 0 Å². The van der Waals surface area contributed by atoms with E-state index in [1.807, 2.05) is 30.3 Å². The molecule has 20 heavy (non-hydrogen) atoms. The van der Waals surface area contributed by atoms with Crippen molar-refractivity contribution < 1.29 is 10.2 Å². The second kappa shape index (κ2) is 6.23. The van der Waals surface area contributed by atoms with Crippen LogP contribution in [-0.2, 0) is 0 Å². The predicted octanol–water partition coefficient (Wildman–Crippen LogP) is 3.84. The molecule has 2 nitrogen and oxygen atoms in total. The molecule has 0 aliphatic rings. The first-order valence-corrected chi connectivity index (χ1v) is 6.77. The van der Waals surface area contributed by atoms with Gasteiger partial charge in [-0.05, 0) is 24.6 Å². The summed E-state index contributed by atoms with van der Waals surface area (Å²) in [5.74, 6) is 0. The van der Waals surface area contributed by atoms with Gasteiger partial charge in [0.1, 0.15) is 11.7 Å². The summed E-state index contributed by atoms with van der Waals surface area (Å²) in [4.78, 5) is 0. The Hall–Kier alpha value is -1.61. The van der Waals surface area contributed by atoms with Crippen LogP contribution in [0.3, 0.4) is 0 Å². The van der Waals surface area contributed by atoms with Crippen molar-refractivity contribution >= 4 is 17.7 Å². The van der Waals surface area contributed by atoms with Crippen LogP contribution >= 0.6 is 11.6 Å². The van der Waals surface area contributed by atoms with Crippen molar-refractivity contribution in [3.8, 4) is 0 Å². The minimum atomic E-state index is -1.40. The van der Waals surface area contributed by atoms with E-state index in [4.69, 9.17) is 11.6 Å². The third-order valence-electron chi connectivity index (χ3n) is 3.17. The molecule has 0 fully saturated rings. The van der Waals surface area contributed by atoms with Crippen molar-refractivity contribution in [2.45, 2.75) is 18.6 Å². The van der Waals surface area contributed by atoms with Gasteiger partial charge in [-0.15, -0.1) is 0 Å². The van der Waals surface area contributed by atoms with Gasteiger partial charge in [-0.2, -0.15) is 0 Å². The van der Waals surface area contributed by atoms with Crippen LogP contribution in [0.1, 0.15) is 24.2 Å². The lowest BCUT2D eigenvalue weighted by molar-refractivity contribution is -0.0271. The van der Waals surface area contributed by atoms with Gasteiger partial charge in [-0.3, -0.25) is 0 Å². The minimum Gasteiger partial charge on any atom is -0.385 e. The van der Waals surface area contributed by atoms with E-state index in [1.54, 1.807) is 43.3 Å². The molecule has 2 aromatic carbocycles. The van der Waals surface area contributed by atoms with E-state index in [9.17, 15) is 10.2 Å². The highest BCUT2D eigenvalue weighted by atomic mass is 35.5. The number of benzene rings is 2. The van der Waals surface area contributed by atoms with Crippen molar-refractivity contribution in [1.82, 2.24) is 0 Å². The molecule has 0 heterocycles. The summed E-state index contributed by atoms with van der Waals surface area (Å²) in [6.45, 7) is 1.56. The van der Waals surface area contributed by atoms with Crippen molar-refractivity contribution in [3.05, 3.63) is 76.8 Å². The monoisotopic (exact) mass is 288 g/mol. The summed E-state index contributed by atoms with van der Waals surface area (Å²) in [5.41, 5.74) is 0.0666. The molecular formula is C17H17ClO2. The summed E-state index contributed by atoms with van der Waals surface area (Å²) in [6, 6.07) is 16.6. The van der Waals surface area contributed by atoms with Crippen LogP contribution in [0.2, 0.25) is 5.02 Å². The number of hydrogen-bond donors (Lipinski definition) is 2. The van der Waals surface area contributed by atoms with Crippen LogP contribution in [0.5, 0.6) is 0 Å². The molecule has 0 aliphatic carbocycles. The third kappa shape index (κ3) is 3.48. The smallest absolute Gasteiger partial charge is 0.112 e. The van der Waals surface area contributed by atoms with Crippen LogP contribution in [-0.4, -0.2) is 15.8 Å². The van der Waals surface area contributed by atoms with Gasteiger partial charge in [-0.1, -0.05) is 66.2 Å². The summed E-state index contributed by atoms with van der Waals surface area (Å²) in [7, 11) is 0. The Morgan fingerprint density at radius 1 is 1.05 bits per heavy atom. The van der Waals surface area contributed by atoms with Gasteiger partial charge in [0.25, 0.3) is 0 Å². The summed E-state index contributed by atoms with van der Waals surface area (Å²) < 4.78 is 0. The molecule has 104 valence electrons. The molecule has 2 aromatic rings. The van der Waals surface area contributed by atoms with Crippen LogP contribution < -0.4 is 0 Å².